The lowest BCUT2D eigenvalue weighted by Crippen LogP contribution is -2.36. The van der Waals surface area contributed by atoms with E-state index in [1.54, 1.807) is 30.5 Å². The summed E-state index contributed by atoms with van der Waals surface area (Å²) in [5.74, 6) is -0.198. The summed E-state index contributed by atoms with van der Waals surface area (Å²) in [4.78, 5) is 50.1. The average molecular weight is 408 g/mol. The van der Waals surface area contributed by atoms with E-state index < -0.39 is 6.04 Å². The number of aldehydes is 2. The normalized spacial score (nSPS) is 11.6. The fourth-order valence-corrected chi connectivity index (χ4v) is 2.67. The number of nitrogens with two attached hydrogens (primary N) is 2. The van der Waals surface area contributed by atoms with Gasteiger partial charge in [-0.3, -0.25) is 4.79 Å². The third-order valence-corrected chi connectivity index (χ3v) is 4.20. The number of rotatable bonds is 9. The van der Waals surface area contributed by atoms with Crippen LogP contribution in [0.2, 0.25) is 0 Å². The third kappa shape index (κ3) is 5.01. The van der Waals surface area contributed by atoms with Gasteiger partial charge in [-0.25, -0.2) is 9.97 Å². The van der Waals surface area contributed by atoms with Crippen molar-refractivity contribution in [2.24, 2.45) is 0 Å². The van der Waals surface area contributed by atoms with Crippen molar-refractivity contribution in [1.29, 1.82) is 0 Å². The summed E-state index contributed by atoms with van der Waals surface area (Å²) in [6.07, 6.45) is 3.36. The lowest BCUT2D eigenvalue weighted by Gasteiger charge is -2.12. The van der Waals surface area contributed by atoms with Gasteiger partial charge in [0, 0.05) is 17.7 Å². The molecule has 154 valence electrons. The Morgan fingerprint density at radius 2 is 1.87 bits per heavy atom. The largest absolute Gasteiger partial charge is 0.382 e. The van der Waals surface area contributed by atoms with Crippen LogP contribution in [0, 0.1) is 0 Å². The summed E-state index contributed by atoms with van der Waals surface area (Å²) in [7, 11) is 0. The molecule has 0 spiro atoms. The molecule has 1 amide bonds. The number of anilines is 3. The molecule has 0 aliphatic carbocycles. The molecule has 3 rings (SSSR count). The first-order valence-electron chi connectivity index (χ1n) is 9.08. The molecular formula is C19H20N8O3. The van der Waals surface area contributed by atoms with Crippen molar-refractivity contribution >= 4 is 47.1 Å². The molecule has 0 aliphatic heterocycles. The second kappa shape index (κ2) is 9.37. The van der Waals surface area contributed by atoms with E-state index in [0.29, 0.717) is 41.5 Å². The zero-order valence-electron chi connectivity index (χ0n) is 15.9. The van der Waals surface area contributed by atoms with Crippen LogP contribution in [-0.4, -0.2) is 44.5 Å². The molecule has 2 heterocycles. The first-order valence-corrected chi connectivity index (χ1v) is 9.08. The predicted octanol–water partition coefficient (Wildman–Crippen LogP) is 0.473. The van der Waals surface area contributed by atoms with Crippen LogP contribution in [0.3, 0.4) is 0 Å². The lowest BCUT2D eigenvalue weighted by molar-refractivity contribution is -0.110. The quantitative estimate of drug-likeness (QED) is 0.364. The Bertz CT molecular complexity index is 1070. The number of fused-ring (bicyclic) bond motifs is 1. The molecular weight excluding hydrogens is 388 g/mol. The molecule has 30 heavy (non-hydrogen) atoms. The van der Waals surface area contributed by atoms with Crippen molar-refractivity contribution in [2.75, 3.05) is 16.8 Å². The lowest BCUT2D eigenvalue weighted by atomic mass is 10.1. The average Bonchev–Trinajstić information content (AvgIpc) is 2.75. The molecule has 0 saturated heterocycles. The number of hydrogen-bond donors (Lipinski definition) is 4. The van der Waals surface area contributed by atoms with Crippen molar-refractivity contribution in [3.63, 3.8) is 0 Å². The summed E-state index contributed by atoms with van der Waals surface area (Å²) >= 11 is 0. The van der Waals surface area contributed by atoms with Crippen molar-refractivity contribution in [3.8, 4) is 0 Å². The number of nitrogens with one attached hydrogen (secondary N) is 2. The highest BCUT2D eigenvalue weighted by Gasteiger charge is 2.13. The van der Waals surface area contributed by atoms with Crippen LogP contribution in [-0.2, 0) is 16.1 Å². The van der Waals surface area contributed by atoms with Gasteiger partial charge in [0.15, 0.2) is 17.0 Å². The van der Waals surface area contributed by atoms with Crippen LogP contribution < -0.4 is 22.1 Å². The Morgan fingerprint density at radius 1 is 1.10 bits per heavy atom. The zero-order valence-corrected chi connectivity index (χ0v) is 15.9. The van der Waals surface area contributed by atoms with Crippen LogP contribution in [0.15, 0.2) is 30.5 Å². The maximum Gasteiger partial charge on any atom is 0.251 e. The summed E-state index contributed by atoms with van der Waals surface area (Å²) in [6, 6.07) is 6.00. The summed E-state index contributed by atoms with van der Waals surface area (Å²) in [5.41, 5.74) is 13.8. The van der Waals surface area contributed by atoms with Gasteiger partial charge < -0.3 is 31.7 Å². The Kier molecular flexibility index (Phi) is 6.42. The minimum absolute atomic E-state index is 0.0347. The number of carbonyl (C=O) groups is 3. The Balaban J connectivity index is 1.62. The van der Waals surface area contributed by atoms with Crippen LogP contribution in [0.25, 0.3) is 11.2 Å². The standard InChI is InChI=1S/C19H20N8O3/c20-16-15-17(27-19(21)26-16)23-9-14(24-15)8-22-12-5-3-11(4-6-12)18(30)25-13(10-29)2-1-7-28/h3-7,9-10,13,22H,1-2,8H2,(H,25,30)(H4,20,21,23,26,27). The number of nitrogen functional groups attached to an aromatic ring is 2. The van der Waals surface area contributed by atoms with E-state index in [4.69, 9.17) is 11.5 Å². The number of nitrogens with zero attached hydrogens (tertiary/aromatic N) is 4. The molecule has 6 N–H and O–H groups in total. The molecule has 1 unspecified atom stereocenters. The molecule has 2 aromatic heterocycles. The molecule has 3 aromatic rings. The minimum Gasteiger partial charge on any atom is -0.382 e. The van der Waals surface area contributed by atoms with E-state index in [1.807, 2.05) is 0 Å². The number of aromatic nitrogens is 4. The fraction of sp³-hybridized carbons (Fsp3) is 0.211. The monoisotopic (exact) mass is 408 g/mol. The second-order valence-corrected chi connectivity index (χ2v) is 6.39. The molecule has 0 fully saturated rings. The smallest absolute Gasteiger partial charge is 0.251 e. The maximum absolute atomic E-state index is 12.2. The predicted molar refractivity (Wildman–Crippen MR) is 110 cm³/mol. The molecule has 1 aromatic carbocycles. The molecule has 1 atom stereocenters. The molecule has 0 bridgehead atoms. The first-order chi connectivity index (χ1) is 14.5. The van der Waals surface area contributed by atoms with Crippen molar-refractivity contribution < 1.29 is 14.4 Å². The van der Waals surface area contributed by atoms with E-state index in [-0.39, 0.29) is 30.5 Å². The molecule has 11 heteroatoms. The number of hydrogen-bond acceptors (Lipinski definition) is 10. The third-order valence-electron chi connectivity index (χ3n) is 4.20. The highest BCUT2D eigenvalue weighted by Crippen LogP contribution is 2.16. The topological polar surface area (TPSA) is 179 Å². The van der Waals surface area contributed by atoms with Crippen LogP contribution in [0.1, 0.15) is 28.9 Å². The number of benzene rings is 1. The maximum atomic E-state index is 12.2. The van der Waals surface area contributed by atoms with Gasteiger partial charge in [0.1, 0.15) is 12.6 Å². The van der Waals surface area contributed by atoms with Crippen molar-refractivity contribution in [1.82, 2.24) is 25.3 Å². The van der Waals surface area contributed by atoms with Crippen molar-refractivity contribution in [2.45, 2.75) is 25.4 Å². The van der Waals surface area contributed by atoms with Gasteiger partial charge in [-0.1, -0.05) is 0 Å². The Labute approximate surface area is 171 Å². The van der Waals surface area contributed by atoms with Gasteiger partial charge in [0.2, 0.25) is 5.95 Å². The molecule has 11 nitrogen and oxygen atoms in total. The van der Waals surface area contributed by atoms with Gasteiger partial charge >= 0.3 is 0 Å². The zero-order chi connectivity index (χ0) is 21.5. The van der Waals surface area contributed by atoms with Gasteiger partial charge in [-0.2, -0.15) is 9.97 Å². The van der Waals surface area contributed by atoms with E-state index in [2.05, 4.69) is 30.6 Å². The number of carbonyl (C=O) groups excluding carboxylic acids is 3. The van der Waals surface area contributed by atoms with Crippen LogP contribution in [0.5, 0.6) is 0 Å². The van der Waals surface area contributed by atoms with Crippen molar-refractivity contribution in [3.05, 3.63) is 41.7 Å². The van der Waals surface area contributed by atoms with Gasteiger partial charge in [-0.05, 0) is 30.7 Å². The van der Waals surface area contributed by atoms with Crippen LogP contribution >= 0.6 is 0 Å². The number of amides is 1. The minimum atomic E-state index is -0.696. The van der Waals surface area contributed by atoms with E-state index in [9.17, 15) is 14.4 Å². The Morgan fingerprint density at radius 3 is 2.57 bits per heavy atom. The highest BCUT2D eigenvalue weighted by atomic mass is 16.2. The van der Waals surface area contributed by atoms with E-state index >= 15 is 0 Å². The van der Waals surface area contributed by atoms with Gasteiger partial charge in [0.05, 0.1) is 24.5 Å². The fourth-order valence-electron chi connectivity index (χ4n) is 2.67. The summed E-state index contributed by atoms with van der Waals surface area (Å²) in [6.45, 7) is 0.358. The molecule has 0 aliphatic rings. The van der Waals surface area contributed by atoms with Gasteiger partial charge in [-0.15, -0.1) is 0 Å². The van der Waals surface area contributed by atoms with E-state index in [0.717, 1.165) is 5.69 Å². The SMILES string of the molecule is Nc1nc(N)c2nc(CNc3ccc(C(=O)NC(C=O)CCC=O)cc3)cnc2n1. The molecule has 0 saturated carbocycles. The first kappa shape index (κ1) is 20.6. The Hall–Kier alpha value is -4.15. The highest BCUT2D eigenvalue weighted by molar-refractivity contribution is 5.96. The summed E-state index contributed by atoms with van der Waals surface area (Å²) in [5, 5.41) is 5.75. The molecule has 0 radical (unpaired) electrons. The van der Waals surface area contributed by atoms with Crippen LogP contribution in [0.4, 0.5) is 17.5 Å². The summed E-state index contributed by atoms with van der Waals surface area (Å²) < 4.78 is 0. The van der Waals surface area contributed by atoms with E-state index in [1.165, 1.54) is 0 Å². The second-order valence-electron chi connectivity index (χ2n) is 6.39. The van der Waals surface area contributed by atoms with Gasteiger partial charge in [0.25, 0.3) is 5.91 Å².